The third-order valence-corrected chi connectivity index (χ3v) is 8.08. The predicted molar refractivity (Wildman–Crippen MR) is 154 cm³/mol. The maximum absolute atomic E-state index is 6.28. The Balaban J connectivity index is 1.13. The molecule has 0 bridgehead atoms. The number of piperazine rings is 1. The van der Waals surface area contributed by atoms with E-state index >= 15 is 0 Å². The molecule has 4 aromatic rings. The van der Waals surface area contributed by atoms with E-state index in [4.69, 9.17) is 21.4 Å². The van der Waals surface area contributed by atoms with Crippen LogP contribution in [-0.2, 0) is 0 Å². The number of hydrogen-bond acceptors (Lipinski definition) is 7. The summed E-state index contributed by atoms with van der Waals surface area (Å²) >= 11 is 6.28. The lowest BCUT2D eigenvalue weighted by molar-refractivity contribution is 0.0982. The minimum absolute atomic E-state index is 0.525. The number of aromatic nitrogens is 3. The number of halogens is 1. The van der Waals surface area contributed by atoms with E-state index in [1.165, 1.54) is 44.7 Å². The van der Waals surface area contributed by atoms with Gasteiger partial charge in [0.1, 0.15) is 5.75 Å². The van der Waals surface area contributed by atoms with E-state index in [1.807, 2.05) is 41.0 Å². The van der Waals surface area contributed by atoms with Crippen LogP contribution in [0.2, 0.25) is 5.02 Å². The largest absolute Gasteiger partial charge is 0.496 e. The van der Waals surface area contributed by atoms with Crippen molar-refractivity contribution in [1.82, 2.24) is 24.4 Å². The number of methoxy groups -OCH3 is 1. The van der Waals surface area contributed by atoms with Crippen LogP contribution in [0.3, 0.4) is 0 Å². The van der Waals surface area contributed by atoms with E-state index in [-0.39, 0.29) is 0 Å². The van der Waals surface area contributed by atoms with Crippen molar-refractivity contribution in [3.05, 3.63) is 65.8 Å². The monoisotopic (exact) mass is 531 g/mol. The molecule has 4 heterocycles. The van der Waals surface area contributed by atoms with Gasteiger partial charge in [0.25, 0.3) is 0 Å². The lowest BCUT2D eigenvalue weighted by Crippen LogP contribution is -2.52. The topological polar surface area (TPSA) is 61.2 Å². The fourth-order valence-corrected chi connectivity index (χ4v) is 5.78. The summed E-state index contributed by atoms with van der Waals surface area (Å²) in [6.45, 7) is 6.98. The molecule has 0 aliphatic carbocycles. The molecule has 198 valence electrons. The number of fused-ring (bicyclic) bond motifs is 1. The van der Waals surface area contributed by atoms with Crippen molar-refractivity contribution in [2.45, 2.75) is 18.9 Å². The molecule has 8 nitrogen and oxygen atoms in total. The second kappa shape index (κ2) is 10.8. The number of nitrogens with zero attached hydrogens (tertiary/aromatic N) is 6. The molecule has 0 radical (unpaired) electrons. The van der Waals surface area contributed by atoms with Crippen LogP contribution in [0, 0.1) is 0 Å². The van der Waals surface area contributed by atoms with Crippen molar-refractivity contribution < 1.29 is 4.74 Å². The molecule has 0 unspecified atom stereocenters. The molecule has 2 saturated heterocycles. The molecule has 6 rings (SSSR count). The van der Waals surface area contributed by atoms with Gasteiger partial charge >= 0.3 is 0 Å². The van der Waals surface area contributed by atoms with Crippen LogP contribution in [0.15, 0.2) is 60.8 Å². The first kappa shape index (κ1) is 25.0. The Morgan fingerprint density at radius 3 is 2.42 bits per heavy atom. The van der Waals surface area contributed by atoms with Gasteiger partial charge in [-0.2, -0.15) is 0 Å². The Kier molecular flexibility index (Phi) is 7.10. The number of likely N-dealkylation sites (N-methyl/N-ethyl adjacent to an activating group) is 1. The molecule has 1 N–H and O–H groups in total. The maximum atomic E-state index is 6.28. The molecule has 2 aliphatic heterocycles. The van der Waals surface area contributed by atoms with Crippen LogP contribution < -0.4 is 15.0 Å². The average Bonchev–Trinajstić information content (AvgIpc) is 3.37. The maximum Gasteiger partial charge on any atom is 0.245 e. The molecule has 0 atom stereocenters. The predicted octanol–water partition coefficient (Wildman–Crippen LogP) is 5.02. The van der Waals surface area contributed by atoms with Crippen molar-refractivity contribution in [1.29, 1.82) is 0 Å². The highest BCUT2D eigenvalue weighted by Crippen LogP contribution is 2.33. The van der Waals surface area contributed by atoms with Crippen LogP contribution in [0.4, 0.5) is 17.3 Å². The first-order chi connectivity index (χ1) is 18.6. The minimum Gasteiger partial charge on any atom is -0.496 e. The van der Waals surface area contributed by atoms with Crippen LogP contribution in [0.5, 0.6) is 5.75 Å². The third-order valence-electron chi connectivity index (χ3n) is 7.84. The Hall–Kier alpha value is -3.33. The van der Waals surface area contributed by atoms with Crippen molar-refractivity contribution >= 4 is 34.4 Å². The van der Waals surface area contributed by atoms with E-state index in [9.17, 15) is 0 Å². The molecular formula is C29H34ClN7O. The van der Waals surface area contributed by atoms with Crippen LogP contribution in [-0.4, -0.2) is 83.9 Å². The van der Waals surface area contributed by atoms with Crippen molar-refractivity contribution in [2.24, 2.45) is 0 Å². The van der Waals surface area contributed by atoms with Crippen LogP contribution >= 0.6 is 11.6 Å². The minimum atomic E-state index is 0.525. The van der Waals surface area contributed by atoms with Gasteiger partial charge in [0.2, 0.25) is 5.95 Å². The van der Waals surface area contributed by atoms with E-state index in [0.29, 0.717) is 11.0 Å². The average molecular weight is 532 g/mol. The summed E-state index contributed by atoms with van der Waals surface area (Å²) in [7, 11) is 3.88. The zero-order valence-corrected chi connectivity index (χ0v) is 22.7. The highest BCUT2D eigenvalue weighted by molar-refractivity contribution is 6.31. The number of anilines is 3. The highest BCUT2D eigenvalue weighted by atomic mass is 35.5. The van der Waals surface area contributed by atoms with Gasteiger partial charge in [-0.1, -0.05) is 11.6 Å². The summed E-state index contributed by atoms with van der Waals surface area (Å²) in [6, 6.07) is 18.9. The van der Waals surface area contributed by atoms with Gasteiger partial charge < -0.3 is 19.9 Å². The number of hydrogen-bond donors (Lipinski definition) is 1. The molecule has 0 amide bonds. The summed E-state index contributed by atoms with van der Waals surface area (Å²) in [6.07, 6.45) is 4.27. The molecule has 9 heteroatoms. The summed E-state index contributed by atoms with van der Waals surface area (Å²) in [5.74, 6) is 1.27. The second-order valence-corrected chi connectivity index (χ2v) is 10.6. The first-order valence-electron chi connectivity index (χ1n) is 13.3. The van der Waals surface area contributed by atoms with Crippen LogP contribution in [0.25, 0.3) is 16.8 Å². The molecule has 0 saturated carbocycles. The standard InChI is InChI=1S/C29H34ClN7O/c1-34-15-17-36(18-16-34)24-11-13-35(14-12-24)23-6-4-22(5-7-23)32-29-31-20-25-8-9-27(37(25)33-29)26-19-21(30)3-10-28(26)38-2/h3-10,19-20,24H,11-18H2,1-2H3,(H,32,33). The van der Waals surface area contributed by atoms with Crippen molar-refractivity contribution in [3.63, 3.8) is 0 Å². The zero-order chi connectivity index (χ0) is 26.1. The first-order valence-corrected chi connectivity index (χ1v) is 13.7. The lowest BCUT2D eigenvalue weighted by atomic mass is 10.0. The number of benzene rings is 2. The van der Waals surface area contributed by atoms with E-state index in [1.54, 1.807) is 7.11 Å². The molecule has 2 aromatic heterocycles. The van der Waals surface area contributed by atoms with Gasteiger partial charge in [-0.3, -0.25) is 4.90 Å². The fourth-order valence-electron chi connectivity index (χ4n) is 5.60. The smallest absolute Gasteiger partial charge is 0.245 e. The van der Waals surface area contributed by atoms with E-state index < -0.39 is 0 Å². The van der Waals surface area contributed by atoms with Crippen molar-refractivity contribution in [3.8, 4) is 17.0 Å². The Labute approximate surface area is 228 Å². The third kappa shape index (κ3) is 5.16. The normalized spacial score (nSPS) is 17.7. The number of rotatable bonds is 6. The van der Waals surface area contributed by atoms with Gasteiger partial charge in [-0.25, -0.2) is 9.50 Å². The summed E-state index contributed by atoms with van der Waals surface area (Å²) in [4.78, 5) is 12.1. The molecule has 0 spiro atoms. The van der Waals surface area contributed by atoms with Gasteiger partial charge in [0.05, 0.1) is 24.5 Å². The second-order valence-electron chi connectivity index (χ2n) is 10.2. The molecule has 2 fully saturated rings. The molecule has 38 heavy (non-hydrogen) atoms. The van der Waals surface area contributed by atoms with E-state index in [0.717, 1.165) is 47.3 Å². The molecule has 2 aliphatic rings. The lowest BCUT2D eigenvalue weighted by Gasteiger charge is -2.42. The van der Waals surface area contributed by atoms with Gasteiger partial charge in [-0.05, 0) is 74.5 Å². The van der Waals surface area contributed by atoms with Crippen molar-refractivity contribution in [2.75, 3.05) is 63.6 Å². The zero-order valence-electron chi connectivity index (χ0n) is 22.0. The van der Waals surface area contributed by atoms with Gasteiger partial charge in [-0.15, -0.1) is 5.10 Å². The number of ether oxygens (including phenoxy) is 1. The molecular weight excluding hydrogens is 498 g/mol. The number of piperidine rings is 1. The SMILES string of the molecule is COc1ccc(Cl)cc1-c1ccc2cnc(Nc3ccc(N4CCC(N5CCN(C)CC5)CC4)cc3)nn12. The fraction of sp³-hybridized carbons (Fsp3) is 0.379. The summed E-state index contributed by atoms with van der Waals surface area (Å²) < 4.78 is 7.43. The molecule has 2 aromatic carbocycles. The Bertz CT molecular complexity index is 1390. The summed E-state index contributed by atoms with van der Waals surface area (Å²) in [5.41, 5.74) is 4.88. The quantitative estimate of drug-likeness (QED) is 0.375. The Morgan fingerprint density at radius 2 is 1.68 bits per heavy atom. The highest BCUT2D eigenvalue weighted by Gasteiger charge is 2.26. The van der Waals surface area contributed by atoms with Gasteiger partial charge in [0, 0.05) is 67.3 Å². The van der Waals surface area contributed by atoms with E-state index in [2.05, 4.69) is 56.3 Å². The number of nitrogens with one attached hydrogen (secondary N) is 1. The van der Waals surface area contributed by atoms with Gasteiger partial charge in [0.15, 0.2) is 0 Å². The van der Waals surface area contributed by atoms with Crippen LogP contribution in [0.1, 0.15) is 12.8 Å². The summed E-state index contributed by atoms with van der Waals surface area (Å²) in [5, 5.41) is 8.76. The Morgan fingerprint density at radius 1 is 0.921 bits per heavy atom.